The maximum atomic E-state index is 12.6. The number of amides is 1. The van der Waals surface area contributed by atoms with Crippen LogP contribution >= 0.6 is 0 Å². The summed E-state index contributed by atoms with van der Waals surface area (Å²) >= 11 is 0. The van der Waals surface area contributed by atoms with Gasteiger partial charge in [-0.3, -0.25) is 0 Å². The third-order valence-corrected chi connectivity index (χ3v) is 4.54. The Labute approximate surface area is 134 Å². The lowest BCUT2D eigenvalue weighted by molar-refractivity contribution is 0.0180. The molecule has 1 aliphatic heterocycles. The minimum atomic E-state index is -0.443. The molecule has 3 heteroatoms. The molecule has 1 aromatic carbocycles. The van der Waals surface area contributed by atoms with Crippen LogP contribution < -0.4 is 0 Å². The number of benzene rings is 1. The van der Waals surface area contributed by atoms with Gasteiger partial charge in [0.1, 0.15) is 5.60 Å². The highest BCUT2D eigenvalue weighted by molar-refractivity contribution is 5.69. The van der Waals surface area contributed by atoms with Gasteiger partial charge in [0.05, 0.1) is 0 Å². The van der Waals surface area contributed by atoms with Crippen molar-refractivity contribution in [2.24, 2.45) is 5.92 Å². The lowest BCUT2D eigenvalue weighted by Gasteiger charge is -2.31. The molecule has 122 valence electrons. The van der Waals surface area contributed by atoms with Crippen molar-refractivity contribution in [2.75, 3.05) is 6.54 Å². The number of likely N-dealkylation sites (tertiary alicyclic amines) is 1. The summed E-state index contributed by atoms with van der Waals surface area (Å²) in [6.07, 6.45) is 1.93. The van der Waals surface area contributed by atoms with Gasteiger partial charge >= 0.3 is 6.09 Å². The molecule has 0 aromatic heterocycles. The van der Waals surface area contributed by atoms with E-state index in [0.717, 1.165) is 19.4 Å². The van der Waals surface area contributed by atoms with E-state index in [4.69, 9.17) is 4.74 Å². The maximum absolute atomic E-state index is 12.6. The summed E-state index contributed by atoms with van der Waals surface area (Å²) < 4.78 is 5.62. The summed E-state index contributed by atoms with van der Waals surface area (Å²) in [6, 6.07) is 10.8. The van der Waals surface area contributed by atoms with Gasteiger partial charge in [0.2, 0.25) is 0 Å². The number of carbonyl (C=O) groups is 1. The second-order valence-corrected chi connectivity index (χ2v) is 7.43. The molecule has 1 amide bonds. The smallest absolute Gasteiger partial charge is 0.410 e. The number of hydrogen-bond acceptors (Lipinski definition) is 2. The highest BCUT2D eigenvalue weighted by atomic mass is 16.6. The molecule has 0 aliphatic carbocycles. The third kappa shape index (κ3) is 4.02. The topological polar surface area (TPSA) is 29.5 Å². The predicted molar refractivity (Wildman–Crippen MR) is 90.0 cm³/mol. The van der Waals surface area contributed by atoms with Gasteiger partial charge in [-0.2, -0.15) is 0 Å². The Kier molecular flexibility index (Phi) is 5.15. The quantitative estimate of drug-likeness (QED) is 0.800. The second kappa shape index (κ2) is 6.72. The molecule has 3 unspecified atom stereocenters. The molecule has 0 spiro atoms. The zero-order valence-corrected chi connectivity index (χ0v) is 14.5. The van der Waals surface area contributed by atoms with Gasteiger partial charge in [-0.15, -0.1) is 0 Å². The molecule has 1 heterocycles. The first-order chi connectivity index (χ1) is 10.3. The highest BCUT2D eigenvalue weighted by Crippen LogP contribution is 2.36. The van der Waals surface area contributed by atoms with E-state index in [1.807, 2.05) is 31.7 Å². The van der Waals surface area contributed by atoms with Gasteiger partial charge < -0.3 is 9.64 Å². The summed E-state index contributed by atoms with van der Waals surface area (Å²) in [5.41, 5.74) is 0.879. The highest BCUT2D eigenvalue weighted by Gasteiger charge is 2.40. The first-order valence-corrected chi connectivity index (χ1v) is 8.36. The first-order valence-electron chi connectivity index (χ1n) is 8.36. The van der Waals surface area contributed by atoms with Crippen LogP contribution in [-0.4, -0.2) is 29.2 Å². The van der Waals surface area contributed by atoms with E-state index in [-0.39, 0.29) is 12.1 Å². The molecule has 0 bridgehead atoms. The lowest BCUT2D eigenvalue weighted by atomic mass is 9.91. The molecule has 3 atom stereocenters. The predicted octanol–water partition coefficient (Wildman–Crippen LogP) is 4.83. The molecule has 1 saturated heterocycles. The zero-order valence-electron chi connectivity index (χ0n) is 14.5. The zero-order chi connectivity index (χ0) is 16.3. The maximum Gasteiger partial charge on any atom is 0.410 e. The Bertz CT molecular complexity index is 492. The number of nitrogens with zero attached hydrogens (tertiary/aromatic N) is 1. The van der Waals surface area contributed by atoms with E-state index >= 15 is 0 Å². The van der Waals surface area contributed by atoms with E-state index in [1.165, 1.54) is 5.56 Å². The first kappa shape index (κ1) is 16.9. The van der Waals surface area contributed by atoms with E-state index in [0.29, 0.717) is 11.8 Å². The molecule has 1 aliphatic rings. The monoisotopic (exact) mass is 303 g/mol. The summed E-state index contributed by atoms with van der Waals surface area (Å²) in [5, 5.41) is 0. The van der Waals surface area contributed by atoms with Gasteiger partial charge in [0.25, 0.3) is 0 Å². The summed E-state index contributed by atoms with van der Waals surface area (Å²) in [6.45, 7) is 11.0. The fraction of sp³-hybridized carbons (Fsp3) is 0.632. The molecule has 1 fully saturated rings. The van der Waals surface area contributed by atoms with Crippen LogP contribution in [0.3, 0.4) is 0 Å². The van der Waals surface area contributed by atoms with Crippen molar-refractivity contribution in [3.8, 4) is 0 Å². The minimum Gasteiger partial charge on any atom is -0.444 e. The Balaban J connectivity index is 2.17. The van der Waals surface area contributed by atoms with Crippen molar-refractivity contribution >= 4 is 6.09 Å². The average Bonchev–Trinajstić information content (AvgIpc) is 2.91. The van der Waals surface area contributed by atoms with Crippen molar-refractivity contribution in [1.29, 1.82) is 0 Å². The Morgan fingerprint density at radius 3 is 2.50 bits per heavy atom. The minimum absolute atomic E-state index is 0.170. The van der Waals surface area contributed by atoms with E-state index in [1.54, 1.807) is 0 Å². The van der Waals surface area contributed by atoms with Crippen molar-refractivity contribution < 1.29 is 9.53 Å². The molecule has 2 rings (SSSR count). The van der Waals surface area contributed by atoms with Crippen molar-refractivity contribution in [1.82, 2.24) is 4.90 Å². The van der Waals surface area contributed by atoms with Crippen LogP contribution in [0, 0.1) is 5.92 Å². The average molecular weight is 303 g/mol. The van der Waals surface area contributed by atoms with E-state index < -0.39 is 5.60 Å². The van der Waals surface area contributed by atoms with Crippen LogP contribution in [0.1, 0.15) is 58.9 Å². The Morgan fingerprint density at radius 1 is 1.32 bits per heavy atom. The molecule has 22 heavy (non-hydrogen) atoms. The fourth-order valence-electron chi connectivity index (χ4n) is 3.17. The molecule has 0 saturated carbocycles. The molecular weight excluding hydrogens is 274 g/mol. The number of rotatable bonds is 3. The van der Waals surface area contributed by atoms with E-state index in [9.17, 15) is 4.79 Å². The SMILES string of the molecule is CCC(C)C1CC(c2ccccc2)CN1C(=O)OC(C)(C)C. The van der Waals surface area contributed by atoms with Gasteiger partial charge in [0.15, 0.2) is 0 Å². The standard InChI is InChI=1S/C19H29NO2/c1-6-14(2)17-12-16(15-10-8-7-9-11-15)13-20(17)18(21)22-19(3,4)5/h7-11,14,16-17H,6,12-13H2,1-5H3. The van der Waals surface area contributed by atoms with Gasteiger partial charge in [-0.05, 0) is 38.7 Å². The van der Waals surface area contributed by atoms with Crippen LogP contribution in [-0.2, 0) is 4.74 Å². The third-order valence-electron chi connectivity index (χ3n) is 4.54. The second-order valence-electron chi connectivity index (χ2n) is 7.43. The van der Waals surface area contributed by atoms with Crippen LogP contribution in [0.25, 0.3) is 0 Å². The van der Waals surface area contributed by atoms with Crippen LogP contribution in [0.4, 0.5) is 4.79 Å². The molecule has 1 aromatic rings. The summed E-state index contributed by atoms with van der Waals surface area (Å²) in [4.78, 5) is 14.5. The Hall–Kier alpha value is -1.51. The normalized spacial score (nSPS) is 23.4. The number of ether oxygens (including phenoxy) is 1. The summed E-state index contributed by atoms with van der Waals surface area (Å²) in [5.74, 6) is 0.897. The van der Waals surface area contributed by atoms with Crippen LogP contribution in [0.2, 0.25) is 0 Å². The molecule has 3 nitrogen and oxygen atoms in total. The molecule has 0 radical (unpaired) electrons. The Morgan fingerprint density at radius 2 is 1.95 bits per heavy atom. The van der Waals surface area contributed by atoms with Crippen LogP contribution in [0.15, 0.2) is 30.3 Å². The number of carbonyl (C=O) groups excluding carboxylic acids is 1. The largest absolute Gasteiger partial charge is 0.444 e. The number of hydrogen-bond donors (Lipinski definition) is 0. The van der Waals surface area contributed by atoms with Crippen molar-refractivity contribution in [3.05, 3.63) is 35.9 Å². The van der Waals surface area contributed by atoms with Crippen molar-refractivity contribution in [3.63, 3.8) is 0 Å². The van der Waals surface area contributed by atoms with Gasteiger partial charge in [-0.1, -0.05) is 50.6 Å². The fourth-order valence-corrected chi connectivity index (χ4v) is 3.17. The van der Waals surface area contributed by atoms with Gasteiger partial charge in [0, 0.05) is 18.5 Å². The molecular formula is C19H29NO2. The van der Waals surface area contributed by atoms with E-state index in [2.05, 4.69) is 38.1 Å². The van der Waals surface area contributed by atoms with Gasteiger partial charge in [-0.25, -0.2) is 4.79 Å². The van der Waals surface area contributed by atoms with Crippen LogP contribution in [0.5, 0.6) is 0 Å². The lowest BCUT2D eigenvalue weighted by Crippen LogP contribution is -2.42. The summed E-state index contributed by atoms with van der Waals surface area (Å²) in [7, 11) is 0. The molecule has 0 N–H and O–H groups in total. The van der Waals surface area contributed by atoms with Crippen molar-refractivity contribution in [2.45, 2.75) is 65.0 Å².